The first-order valence-corrected chi connectivity index (χ1v) is 6.90. The first kappa shape index (κ1) is 14.7. The summed E-state index contributed by atoms with van der Waals surface area (Å²) in [6.07, 6.45) is 0. The van der Waals surface area contributed by atoms with Gasteiger partial charge < -0.3 is 5.73 Å². The van der Waals surface area contributed by atoms with Crippen molar-refractivity contribution in [1.82, 2.24) is 0 Å². The molecule has 0 fully saturated rings. The molecule has 0 saturated carbocycles. The van der Waals surface area contributed by atoms with Gasteiger partial charge in [-0.2, -0.15) is 4.39 Å². The van der Waals surface area contributed by atoms with E-state index >= 15 is 0 Å². The Morgan fingerprint density at radius 1 is 1.56 bits per heavy atom. The van der Waals surface area contributed by atoms with Crippen LogP contribution in [-0.2, 0) is 16.6 Å². The number of nitrogens with zero attached hydrogens (tertiary/aromatic N) is 1. The third-order valence-corrected chi connectivity index (χ3v) is 4.01. The molecule has 0 aliphatic heterocycles. The fraction of sp³-hybridized carbons (Fsp3) is 0.455. The predicted octanol–water partition coefficient (Wildman–Crippen LogP) is 1.58. The number of rotatable bonds is 6. The Kier molecular flexibility index (Phi) is 5.36. The van der Waals surface area contributed by atoms with Crippen molar-refractivity contribution < 1.29 is 13.5 Å². The van der Waals surface area contributed by atoms with Crippen molar-refractivity contribution in [1.29, 1.82) is 0 Å². The smallest absolute Gasteiger partial charge is 0.304 e. The number of nitro groups is 1. The predicted molar refractivity (Wildman–Crippen MR) is 68.0 cm³/mol. The third-order valence-electron chi connectivity index (χ3n) is 2.41. The molecule has 0 aliphatic rings. The molecule has 1 aromatic carbocycles. The minimum Gasteiger partial charge on any atom is -0.330 e. The van der Waals surface area contributed by atoms with Gasteiger partial charge >= 0.3 is 5.69 Å². The summed E-state index contributed by atoms with van der Waals surface area (Å²) >= 11 is 0. The Labute approximate surface area is 107 Å². The molecule has 0 aliphatic carbocycles. The van der Waals surface area contributed by atoms with Gasteiger partial charge in [0.2, 0.25) is 5.82 Å². The van der Waals surface area contributed by atoms with Crippen molar-refractivity contribution >= 4 is 16.5 Å². The number of hydrogen-bond donors (Lipinski definition) is 1. The lowest BCUT2D eigenvalue weighted by Crippen LogP contribution is -2.18. The molecule has 1 rings (SSSR count). The highest BCUT2D eigenvalue weighted by Gasteiger charge is 2.15. The maximum atomic E-state index is 13.3. The Bertz CT molecular complexity index is 468. The molecule has 100 valence electrons. The van der Waals surface area contributed by atoms with Crippen LogP contribution >= 0.6 is 0 Å². The highest BCUT2D eigenvalue weighted by molar-refractivity contribution is 7.84. The van der Waals surface area contributed by atoms with Crippen molar-refractivity contribution in [3.8, 4) is 0 Å². The van der Waals surface area contributed by atoms with E-state index < -0.39 is 27.2 Å². The largest absolute Gasteiger partial charge is 0.330 e. The summed E-state index contributed by atoms with van der Waals surface area (Å²) in [6, 6.07) is 3.57. The first-order valence-electron chi connectivity index (χ1n) is 5.42. The minimum absolute atomic E-state index is 0.133. The quantitative estimate of drug-likeness (QED) is 0.630. The average molecular weight is 274 g/mol. The summed E-state index contributed by atoms with van der Waals surface area (Å²) in [5, 5.41) is 10.4. The molecule has 0 saturated heterocycles. The lowest BCUT2D eigenvalue weighted by molar-refractivity contribution is -0.387. The lowest BCUT2D eigenvalue weighted by atomic mass is 10.2. The topological polar surface area (TPSA) is 86.2 Å². The van der Waals surface area contributed by atoms with Crippen LogP contribution in [0.3, 0.4) is 0 Å². The molecule has 2 atom stereocenters. The van der Waals surface area contributed by atoms with E-state index in [9.17, 15) is 18.7 Å². The van der Waals surface area contributed by atoms with E-state index in [1.54, 1.807) is 0 Å². The van der Waals surface area contributed by atoms with E-state index in [1.807, 2.05) is 6.92 Å². The van der Waals surface area contributed by atoms with E-state index in [0.29, 0.717) is 17.9 Å². The molecule has 0 amide bonds. The van der Waals surface area contributed by atoms with Crippen LogP contribution in [0, 0.1) is 21.8 Å². The molecular weight excluding hydrogens is 259 g/mol. The van der Waals surface area contributed by atoms with Crippen LogP contribution in [0.4, 0.5) is 10.1 Å². The van der Waals surface area contributed by atoms with Gasteiger partial charge in [0, 0.05) is 28.4 Å². The minimum atomic E-state index is -1.14. The summed E-state index contributed by atoms with van der Waals surface area (Å²) in [6.45, 7) is 2.33. The van der Waals surface area contributed by atoms with Gasteiger partial charge in [-0.05, 0) is 24.1 Å². The van der Waals surface area contributed by atoms with Crippen LogP contribution in [-0.4, -0.2) is 21.4 Å². The number of benzene rings is 1. The van der Waals surface area contributed by atoms with Crippen LogP contribution < -0.4 is 5.73 Å². The molecule has 0 radical (unpaired) electrons. The number of nitrogens with two attached hydrogens (primary N) is 1. The monoisotopic (exact) mass is 274 g/mol. The molecule has 0 bridgehead atoms. The molecule has 0 heterocycles. The second kappa shape index (κ2) is 6.55. The van der Waals surface area contributed by atoms with Crippen LogP contribution in [0.5, 0.6) is 0 Å². The number of halogens is 1. The average Bonchev–Trinajstić information content (AvgIpc) is 2.28. The molecule has 2 N–H and O–H groups in total. The molecule has 5 nitrogen and oxygen atoms in total. The van der Waals surface area contributed by atoms with Crippen molar-refractivity contribution in [3.05, 3.63) is 39.7 Å². The van der Waals surface area contributed by atoms with Gasteiger partial charge in [0.1, 0.15) is 0 Å². The van der Waals surface area contributed by atoms with Crippen molar-refractivity contribution in [2.45, 2.75) is 12.7 Å². The Morgan fingerprint density at radius 3 is 2.72 bits per heavy atom. The summed E-state index contributed by atoms with van der Waals surface area (Å²) < 4.78 is 25.0. The second-order valence-corrected chi connectivity index (χ2v) is 5.64. The van der Waals surface area contributed by atoms with Crippen molar-refractivity contribution in [2.75, 3.05) is 12.3 Å². The third kappa shape index (κ3) is 4.15. The summed E-state index contributed by atoms with van der Waals surface area (Å²) in [4.78, 5) is 9.65. The Balaban J connectivity index is 2.72. The van der Waals surface area contributed by atoms with Crippen molar-refractivity contribution in [3.63, 3.8) is 0 Å². The van der Waals surface area contributed by atoms with Crippen LogP contribution in [0.2, 0.25) is 0 Å². The molecular formula is C11H15FN2O3S. The fourth-order valence-corrected chi connectivity index (χ4v) is 2.86. The summed E-state index contributed by atoms with van der Waals surface area (Å²) in [7, 11) is -1.14. The number of hydrogen-bond acceptors (Lipinski definition) is 4. The Hall–Kier alpha value is -1.34. The second-order valence-electron chi connectivity index (χ2n) is 4.13. The molecule has 2 unspecified atom stereocenters. The maximum absolute atomic E-state index is 13.3. The van der Waals surface area contributed by atoms with Gasteiger partial charge in [-0.25, -0.2) is 0 Å². The Morgan fingerprint density at radius 2 is 2.22 bits per heavy atom. The first-order chi connectivity index (χ1) is 8.43. The zero-order valence-corrected chi connectivity index (χ0v) is 10.8. The van der Waals surface area contributed by atoms with Gasteiger partial charge in [0.25, 0.3) is 0 Å². The highest BCUT2D eigenvalue weighted by atomic mass is 32.2. The zero-order chi connectivity index (χ0) is 13.7. The van der Waals surface area contributed by atoms with E-state index in [4.69, 9.17) is 5.73 Å². The van der Waals surface area contributed by atoms with Gasteiger partial charge in [-0.1, -0.05) is 13.0 Å². The van der Waals surface area contributed by atoms with E-state index in [1.165, 1.54) is 6.07 Å². The lowest BCUT2D eigenvalue weighted by Gasteiger charge is -2.08. The van der Waals surface area contributed by atoms with E-state index in [-0.39, 0.29) is 11.7 Å². The zero-order valence-electron chi connectivity index (χ0n) is 9.97. The summed E-state index contributed by atoms with van der Waals surface area (Å²) in [5.74, 6) is -0.149. The highest BCUT2D eigenvalue weighted by Crippen LogP contribution is 2.19. The SMILES string of the molecule is CC(CN)CS(=O)Cc1ccc([N+](=O)[O-])c(F)c1. The van der Waals surface area contributed by atoms with Crippen LogP contribution in [0.15, 0.2) is 18.2 Å². The van der Waals surface area contributed by atoms with Crippen LogP contribution in [0.1, 0.15) is 12.5 Å². The van der Waals surface area contributed by atoms with Crippen molar-refractivity contribution in [2.24, 2.45) is 11.7 Å². The van der Waals surface area contributed by atoms with E-state index in [2.05, 4.69) is 0 Å². The molecule has 0 spiro atoms. The van der Waals surface area contributed by atoms with Gasteiger partial charge in [0.15, 0.2) is 0 Å². The van der Waals surface area contributed by atoms with Gasteiger partial charge in [-0.3, -0.25) is 14.3 Å². The summed E-state index contributed by atoms with van der Waals surface area (Å²) in [5.41, 5.74) is 5.34. The standard InChI is InChI=1S/C11H15FN2O3S/c1-8(5-13)6-18(17)7-9-2-3-11(14(15)16)10(12)4-9/h2-4,8H,5-7,13H2,1H3. The van der Waals surface area contributed by atoms with Gasteiger partial charge in [-0.15, -0.1) is 0 Å². The van der Waals surface area contributed by atoms with E-state index in [0.717, 1.165) is 12.1 Å². The molecule has 18 heavy (non-hydrogen) atoms. The fourth-order valence-electron chi connectivity index (χ4n) is 1.42. The molecule has 7 heteroatoms. The maximum Gasteiger partial charge on any atom is 0.304 e. The van der Waals surface area contributed by atoms with Gasteiger partial charge in [0.05, 0.1) is 4.92 Å². The molecule has 1 aromatic rings. The molecule has 0 aromatic heterocycles. The normalized spacial score (nSPS) is 14.2. The van der Waals surface area contributed by atoms with Crippen LogP contribution in [0.25, 0.3) is 0 Å². The number of nitro benzene ring substituents is 1.